The van der Waals surface area contributed by atoms with E-state index in [1.165, 1.54) is 12.1 Å². The normalized spacial score (nSPS) is 14.1. The molecule has 6 aromatic rings. The van der Waals surface area contributed by atoms with Crippen LogP contribution in [0.5, 0.6) is 0 Å². The Balaban J connectivity index is 1.26. The van der Waals surface area contributed by atoms with Crippen LogP contribution >= 0.6 is 0 Å². The van der Waals surface area contributed by atoms with Crippen molar-refractivity contribution in [2.24, 2.45) is 5.73 Å². The average molecular weight is 586 g/mol. The highest BCUT2D eigenvalue weighted by Gasteiger charge is 2.25. The fraction of sp³-hybridized carbons (Fsp3) is 0.185. The third-order valence-corrected chi connectivity index (χ3v) is 7.59. The van der Waals surface area contributed by atoms with E-state index in [0.717, 1.165) is 25.2 Å². The van der Waals surface area contributed by atoms with E-state index in [2.05, 4.69) is 34.8 Å². The molecule has 212 valence electrons. The van der Waals surface area contributed by atoms with Gasteiger partial charge in [-0.25, -0.2) is 32.5 Å². The topological polar surface area (TPSA) is 184 Å². The Morgan fingerprint density at radius 3 is 2.67 bits per heavy atom. The number of fused-ring (bicyclic) bond motifs is 2. The summed E-state index contributed by atoms with van der Waals surface area (Å²) in [6.07, 6.45) is 6.01. The molecule has 7 rings (SSSR count). The van der Waals surface area contributed by atoms with E-state index in [1.54, 1.807) is 30.7 Å². The molecule has 13 nitrogen and oxygen atoms in total. The summed E-state index contributed by atoms with van der Waals surface area (Å²) >= 11 is 0. The number of anilines is 1. The quantitative estimate of drug-likeness (QED) is 0.217. The molecule has 0 bridgehead atoms. The number of rotatable bonds is 7. The summed E-state index contributed by atoms with van der Waals surface area (Å²) in [5.74, 6) is 0.667. The number of sulfonamides is 1. The van der Waals surface area contributed by atoms with Gasteiger partial charge in [-0.3, -0.25) is 15.1 Å². The van der Waals surface area contributed by atoms with Crippen molar-refractivity contribution in [3.63, 3.8) is 0 Å². The fourth-order valence-electron chi connectivity index (χ4n) is 4.90. The minimum absolute atomic E-state index is 0.0580. The molecule has 0 radical (unpaired) electrons. The van der Waals surface area contributed by atoms with Crippen LogP contribution in [0.25, 0.3) is 56.2 Å². The lowest BCUT2D eigenvalue weighted by molar-refractivity contribution is 0.514. The Labute approximate surface area is 238 Å². The molecule has 42 heavy (non-hydrogen) atoms. The molecule has 6 heterocycles. The van der Waals surface area contributed by atoms with Crippen molar-refractivity contribution in [2.75, 3.05) is 24.2 Å². The zero-order chi connectivity index (χ0) is 29.0. The SMILES string of the molecule is CS(=O)(=O)NCc1cc(F)cc(-c2nccc3[nH]c(-c4n[nH]c5ccc(-c6cncc(N7CC(N)C7)n6)nc45)nc23)c1. The standard InChI is InChI=1S/C27H24FN11O2S/c1-42(40,41)32-9-14-6-15(8-16(28)7-14)23-24-19(4-5-31-23)35-27(36-24)26-25-20(37-38-26)3-2-18(34-25)21-10-30-11-22(33-21)39-12-17(29)13-39/h2-8,10-11,17,32H,9,12-13,29H2,1H3,(H,35,36)(H,37,38). The number of aromatic nitrogens is 8. The zero-order valence-electron chi connectivity index (χ0n) is 22.2. The summed E-state index contributed by atoms with van der Waals surface area (Å²) in [6, 6.07) is 9.90. The van der Waals surface area contributed by atoms with Crippen LogP contribution in [0.15, 0.2) is 55.0 Å². The van der Waals surface area contributed by atoms with Gasteiger partial charge in [-0.2, -0.15) is 5.10 Å². The molecule has 0 amide bonds. The highest BCUT2D eigenvalue weighted by Crippen LogP contribution is 2.31. The highest BCUT2D eigenvalue weighted by molar-refractivity contribution is 7.88. The molecular weight excluding hydrogens is 561 g/mol. The Hall–Kier alpha value is -4.86. The Morgan fingerprint density at radius 2 is 1.86 bits per heavy atom. The largest absolute Gasteiger partial charge is 0.352 e. The number of nitrogens with zero attached hydrogens (tertiary/aromatic N) is 7. The van der Waals surface area contributed by atoms with Gasteiger partial charge in [-0.05, 0) is 42.0 Å². The number of hydrogen-bond acceptors (Lipinski definition) is 10. The van der Waals surface area contributed by atoms with Crippen molar-refractivity contribution >= 4 is 37.9 Å². The zero-order valence-corrected chi connectivity index (χ0v) is 23.0. The number of hydrogen-bond donors (Lipinski definition) is 4. The van der Waals surface area contributed by atoms with Gasteiger partial charge < -0.3 is 15.6 Å². The molecule has 1 fully saturated rings. The molecule has 15 heteroatoms. The molecule has 5 N–H and O–H groups in total. The maximum atomic E-state index is 14.6. The molecule has 1 saturated heterocycles. The van der Waals surface area contributed by atoms with E-state index in [1.807, 2.05) is 12.1 Å². The average Bonchev–Trinajstić information content (AvgIpc) is 3.57. The Morgan fingerprint density at radius 1 is 1.02 bits per heavy atom. The number of nitrogens with two attached hydrogens (primary N) is 1. The van der Waals surface area contributed by atoms with Crippen LogP contribution in [0.2, 0.25) is 0 Å². The number of nitrogens with one attached hydrogen (secondary N) is 3. The van der Waals surface area contributed by atoms with Crippen molar-refractivity contribution in [3.05, 3.63) is 66.4 Å². The number of benzene rings is 1. The van der Waals surface area contributed by atoms with Gasteiger partial charge in [0.25, 0.3) is 0 Å². The monoisotopic (exact) mass is 585 g/mol. The van der Waals surface area contributed by atoms with Gasteiger partial charge in [0, 0.05) is 37.4 Å². The van der Waals surface area contributed by atoms with E-state index in [4.69, 9.17) is 20.7 Å². The summed E-state index contributed by atoms with van der Waals surface area (Å²) in [5.41, 5.74) is 11.4. The third kappa shape index (κ3) is 4.93. The van der Waals surface area contributed by atoms with Crippen LogP contribution in [-0.4, -0.2) is 73.9 Å². The van der Waals surface area contributed by atoms with E-state index >= 15 is 0 Å². The van der Waals surface area contributed by atoms with Crippen LogP contribution in [0, 0.1) is 5.82 Å². The van der Waals surface area contributed by atoms with Crippen molar-refractivity contribution in [3.8, 4) is 34.2 Å². The molecule has 0 atom stereocenters. The molecule has 1 aliphatic heterocycles. The van der Waals surface area contributed by atoms with Gasteiger partial charge in [0.2, 0.25) is 10.0 Å². The summed E-state index contributed by atoms with van der Waals surface area (Å²) in [6.45, 7) is 1.40. The maximum absolute atomic E-state index is 14.6. The number of pyridine rings is 2. The summed E-state index contributed by atoms with van der Waals surface area (Å²) in [5, 5.41) is 7.46. The van der Waals surface area contributed by atoms with E-state index < -0.39 is 15.8 Å². The summed E-state index contributed by atoms with van der Waals surface area (Å²) in [4.78, 5) is 28.5. The van der Waals surface area contributed by atoms with Gasteiger partial charge in [-0.15, -0.1) is 0 Å². The molecule has 0 saturated carbocycles. The minimum atomic E-state index is -3.45. The molecule has 0 aliphatic carbocycles. The molecule has 1 aliphatic rings. The first-order chi connectivity index (χ1) is 20.2. The van der Waals surface area contributed by atoms with Gasteiger partial charge in [0.05, 0.1) is 41.1 Å². The van der Waals surface area contributed by atoms with Crippen LogP contribution in [0.1, 0.15) is 5.56 Å². The predicted molar refractivity (Wildman–Crippen MR) is 155 cm³/mol. The molecule has 1 aromatic carbocycles. The third-order valence-electron chi connectivity index (χ3n) is 6.92. The number of aromatic amines is 2. The molecule has 0 unspecified atom stereocenters. The number of H-pyrrole nitrogens is 2. The van der Waals surface area contributed by atoms with Gasteiger partial charge >= 0.3 is 0 Å². The second-order valence-corrected chi connectivity index (χ2v) is 12.0. The summed E-state index contributed by atoms with van der Waals surface area (Å²) in [7, 11) is -3.45. The fourth-order valence-corrected chi connectivity index (χ4v) is 5.33. The van der Waals surface area contributed by atoms with E-state index in [-0.39, 0.29) is 12.6 Å². The van der Waals surface area contributed by atoms with E-state index in [0.29, 0.717) is 61.8 Å². The summed E-state index contributed by atoms with van der Waals surface area (Å²) < 4.78 is 40.0. The lowest BCUT2D eigenvalue weighted by Crippen LogP contribution is -2.56. The van der Waals surface area contributed by atoms with Crippen LogP contribution < -0.4 is 15.4 Å². The van der Waals surface area contributed by atoms with Gasteiger partial charge in [-0.1, -0.05) is 0 Å². The first-order valence-corrected chi connectivity index (χ1v) is 14.9. The van der Waals surface area contributed by atoms with E-state index in [9.17, 15) is 12.8 Å². The molecule has 5 aromatic heterocycles. The van der Waals surface area contributed by atoms with Crippen LogP contribution in [0.4, 0.5) is 10.2 Å². The first kappa shape index (κ1) is 26.1. The lowest BCUT2D eigenvalue weighted by atomic mass is 10.1. The Kier molecular flexibility index (Phi) is 6.14. The van der Waals surface area contributed by atoms with Crippen LogP contribution in [-0.2, 0) is 16.6 Å². The van der Waals surface area contributed by atoms with Crippen molar-refractivity contribution in [1.82, 2.24) is 44.8 Å². The maximum Gasteiger partial charge on any atom is 0.209 e. The molecular formula is C27H24FN11O2S. The second-order valence-electron chi connectivity index (χ2n) is 10.2. The minimum Gasteiger partial charge on any atom is -0.352 e. The van der Waals surface area contributed by atoms with Crippen molar-refractivity contribution in [2.45, 2.75) is 12.6 Å². The second kappa shape index (κ2) is 9.90. The first-order valence-electron chi connectivity index (χ1n) is 13.0. The lowest BCUT2D eigenvalue weighted by Gasteiger charge is -2.37. The van der Waals surface area contributed by atoms with Crippen molar-refractivity contribution in [1.29, 1.82) is 0 Å². The number of halogens is 1. The number of imidazole rings is 1. The Bertz CT molecular complexity index is 2090. The smallest absolute Gasteiger partial charge is 0.209 e. The van der Waals surface area contributed by atoms with Gasteiger partial charge in [0.15, 0.2) is 11.5 Å². The van der Waals surface area contributed by atoms with Gasteiger partial charge in [0.1, 0.15) is 28.4 Å². The predicted octanol–water partition coefficient (Wildman–Crippen LogP) is 2.36. The highest BCUT2D eigenvalue weighted by atomic mass is 32.2. The van der Waals surface area contributed by atoms with Crippen LogP contribution in [0.3, 0.4) is 0 Å². The van der Waals surface area contributed by atoms with Crippen molar-refractivity contribution < 1.29 is 12.8 Å². The molecule has 0 spiro atoms.